The molecule has 0 saturated carbocycles. The highest BCUT2D eigenvalue weighted by Gasteiger charge is 2.12. The van der Waals surface area contributed by atoms with Gasteiger partial charge in [0.05, 0.1) is 16.3 Å². The number of hydrogen-bond donors (Lipinski definition) is 1. The minimum Gasteiger partial charge on any atom is -0.394 e. The number of benzene rings is 1. The van der Waals surface area contributed by atoms with E-state index in [9.17, 15) is 14.9 Å². The monoisotopic (exact) mass is 287 g/mol. The van der Waals surface area contributed by atoms with Crippen molar-refractivity contribution in [2.45, 2.75) is 20.4 Å². The minimum atomic E-state index is -0.450. The van der Waals surface area contributed by atoms with E-state index in [1.54, 1.807) is 28.8 Å². The van der Waals surface area contributed by atoms with Crippen molar-refractivity contribution in [1.82, 2.24) is 4.57 Å². The molecule has 1 heterocycles. The van der Waals surface area contributed by atoms with Crippen LogP contribution in [0.3, 0.4) is 0 Å². The van der Waals surface area contributed by atoms with E-state index in [0.717, 1.165) is 5.56 Å². The van der Waals surface area contributed by atoms with Gasteiger partial charge in [0.2, 0.25) is 0 Å². The lowest BCUT2D eigenvalue weighted by atomic mass is 10.1. The van der Waals surface area contributed by atoms with Crippen molar-refractivity contribution in [3.8, 4) is 11.3 Å². The predicted molar refractivity (Wildman–Crippen MR) is 82.0 cm³/mol. The van der Waals surface area contributed by atoms with Gasteiger partial charge in [0.25, 0.3) is 11.2 Å². The maximum Gasteiger partial charge on any atom is 0.274 e. The number of hydrogen-bond acceptors (Lipinski definition) is 4. The van der Waals surface area contributed by atoms with Crippen molar-refractivity contribution in [3.05, 3.63) is 56.9 Å². The van der Waals surface area contributed by atoms with E-state index in [4.69, 9.17) is 5.73 Å². The van der Waals surface area contributed by atoms with Gasteiger partial charge < -0.3 is 10.3 Å². The van der Waals surface area contributed by atoms with Crippen LogP contribution < -0.4 is 11.3 Å². The molecule has 0 fully saturated rings. The lowest BCUT2D eigenvalue weighted by Crippen LogP contribution is -2.26. The van der Waals surface area contributed by atoms with Crippen molar-refractivity contribution in [2.24, 2.45) is 5.92 Å². The molecular formula is C15H17N3O3. The number of pyridine rings is 1. The number of nitrogens with two attached hydrogens (primary N) is 1. The van der Waals surface area contributed by atoms with Gasteiger partial charge in [-0.1, -0.05) is 13.8 Å². The molecule has 6 nitrogen and oxygen atoms in total. The van der Waals surface area contributed by atoms with Crippen LogP contribution in [-0.2, 0) is 6.54 Å². The fraction of sp³-hybridized carbons (Fsp3) is 0.267. The topological polar surface area (TPSA) is 91.2 Å². The van der Waals surface area contributed by atoms with Gasteiger partial charge in [-0.3, -0.25) is 14.9 Å². The fourth-order valence-corrected chi connectivity index (χ4v) is 2.15. The summed E-state index contributed by atoms with van der Waals surface area (Å²) in [6.45, 7) is 4.56. The molecule has 2 N–H and O–H groups in total. The van der Waals surface area contributed by atoms with Crippen molar-refractivity contribution in [1.29, 1.82) is 0 Å². The molecule has 0 aliphatic rings. The van der Waals surface area contributed by atoms with Gasteiger partial charge in [-0.25, -0.2) is 0 Å². The van der Waals surface area contributed by atoms with Crippen LogP contribution >= 0.6 is 0 Å². The standard InChI is InChI=1S/C15H17N3O3/c1-10(2)9-17-14(8-7-13(16)15(17)19)11-3-5-12(6-4-11)18(20)21/h3-8,10H,9,16H2,1-2H3. The third-order valence-corrected chi connectivity index (χ3v) is 3.13. The smallest absolute Gasteiger partial charge is 0.274 e. The molecule has 2 aromatic rings. The molecule has 1 aromatic carbocycles. The molecule has 0 saturated heterocycles. The van der Waals surface area contributed by atoms with Crippen molar-refractivity contribution in [2.75, 3.05) is 5.73 Å². The Kier molecular flexibility index (Phi) is 4.07. The summed E-state index contributed by atoms with van der Waals surface area (Å²) in [5, 5.41) is 10.7. The molecule has 0 amide bonds. The molecule has 110 valence electrons. The lowest BCUT2D eigenvalue weighted by molar-refractivity contribution is -0.384. The highest BCUT2D eigenvalue weighted by Crippen LogP contribution is 2.22. The first-order valence-corrected chi connectivity index (χ1v) is 6.64. The van der Waals surface area contributed by atoms with Crippen molar-refractivity contribution >= 4 is 11.4 Å². The largest absolute Gasteiger partial charge is 0.394 e. The van der Waals surface area contributed by atoms with Crippen LogP contribution in [0.1, 0.15) is 13.8 Å². The van der Waals surface area contributed by atoms with Crippen LogP contribution in [-0.4, -0.2) is 9.49 Å². The SMILES string of the molecule is CC(C)Cn1c(-c2ccc([N+](=O)[O-])cc2)ccc(N)c1=O. The molecular weight excluding hydrogens is 270 g/mol. The van der Waals surface area contributed by atoms with Crippen LogP contribution in [0.25, 0.3) is 11.3 Å². The highest BCUT2D eigenvalue weighted by atomic mass is 16.6. The zero-order valence-electron chi connectivity index (χ0n) is 11.9. The molecule has 1 aromatic heterocycles. The minimum absolute atomic E-state index is 0.0203. The predicted octanol–water partition coefficient (Wildman–Crippen LogP) is 2.66. The number of rotatable bonds is 4. The lowest BCUT2D eigenvalue weighted by Gasteiger charge is -2.15. The Labute approximate surface area is 122 Å². The number of anilines is 1. The van der Waals surface area contributed by atoms with E-state index in [1.807, 2.05) is 13.8 Å². The number of nitrogens with zero attached hydrogens (tertiary/aromatic N) is 2. The van der Waals surface area contributed by atoms with E-state index >= 15 is 0 Å². The maximum absolute atomic E-state index is 12.2. The van der Waals surface area contributed by atoms with Crippen LogP contribution in [0.4, 0.5) is 11.4 Å². The average molecular weight is 287 g/mol. The second kappa shape index (κ2) is 5.78. The first-order valence-electron chi connectivity index (χ1n) is 6.64. The summed E-state index contributed by atoms with van der Waals surface area (Å²) in [6, 6.07) is 9.46. The number of nitrogen functional groups attached to an aromatic ring is 1. The molecule has 0 bridgehead atoms. The third-order valence-electron chi connectivity index (χ3n) is 3.13. The zero-order valence-corrected chi connectivity index (χ0v) is 11.9. The number of non-ortho nitro benzene ring substituents is 1. The third kappa shape index (κ3) is 3.10. The maximum atomic E-state index is 12.2. The Balaban J connectivity index is 2.55. The van der Waals surface area contributed by atoms with Crippen molar-refractivity contribution in [3.63, 3.8) is 0 Å². The van der Waals surface area contributed by atoms with E-state index in [1.165, 1.54) is 12.1 Å². The summed E-state index contributed by atoms with van der Waals surface area (Å²) < 4.78 is 1.61. The Hall–Kier alpha value is -2.63. The van der Waals surface area contributed by atoms with Crippen molar-refractivity contribution < 1.29 is 4.92 Å². The summed E-state index contributed by atoms with van der Waals surface area (Å²) in [5.41, 5.74) is 7.12. The second-order valence-electron chi connectivity index (χ2n) is 5.29. The van der Waals surface area contributed by atoms with E-state index < -0.39 is 4.92 Å². The number of nitro benzene ring substituents is 1. The Morgan fingerprint density at radius 2 is 1.81 bits per heavy atom. The molecule has 0 unspecified atom stereocenters. The van der Waals surface area contributed by atoms with E-state index in [0.29, 0.717) is 12.2 Å². The molecule has 0 spiro atoms. The molecule has 2 rings (SSSR count). The normalized spacial score (nSPS) is 10.8. The highest BCUT2D eigenvalue weighted by molar-refractivity contribution is 5.63. The average Bonchev–Trinajstić information content (AvgIpc) is 2.44. The Morgan fingerprint density at radius 3 is 2.33 bits per heavy atom. The van der Waals surface area contributed by atoms with Gasteiger partial charge in [-0.15, -0.1) is 0 Å². The summed E-state index contributed by atoms with van der Waals surface area (Å²) >= 11 is 0. The Morgan fingerprint density at radius 1 is 1.19 bits per heavy atom. The van der Waals surface area contributed by atoms with Gasteiger partial charge in [0.1, 0.15) is 0 Å². The summed E-state index contributed by atoms with van der Waals surface area (Å²) in [4.78, 5) is 22.4. The van der Waals surface area contributed by atoms with Crippen LogP contribution in [0.5, 0.6) is 0 Å². The second-order valence-corrected chi connectivity index (χ2v) is 5.29. The summed E-state index contributed by atoms with van der Waals surface area (Å²) in [7, 11) is 0. The molecule has 0 aliphatic carbocycles. The van der Waals surface area contributed by atoms with Gasteiger partial charge in [-0.2, -0.15) is 0 Å². The Bertz CT molecular complexity index is 718. The van der Waals surface area contributed by atoms with E-state index in [2.05, 4.69) is 0 Å². The zero-order chi connectivity index (χ0) is 15.6. The van der Waals surface area contributed by atoms with Gasteiger partial charge in [0.15, 0.2) is 0 Å². The molecule has 0 radical (unpaired) electrons. The van der Waals surface area contributed by atoms with Crippen LogP contribution in [0.2, 0.25) is 0 Å². The quantitative estimate of drug-likeness (QED) is 0.691. The van der Waals surface area contributed by atoms with E-state index in [-0.39, 0.29) is 22.9 Å². The molecule has 21 heavy (non-hydrogen) atoms. The van der Waals surface area contributed by atoms with Crippen LogP contribution in [0, 0.1) is 16.0 Å². The van der Waals surface area contributed by atoms with Gasteiger partial charge in [0, 0.05) is 18.7 Å². The fourth-order valence-electron chi connectivity index (χ4n) is 2.15. The molecule has 0 atom stereocenters. The van der Waals surface area contributed by atoms with Gasteiger partial charge in [-0.05, 0) is 35.7 Å². The van der Waals surface area contributed by atoms with Gasteiger partial charge >= 0.3 is 0 Å². The molecule has 6 heteroatoms. The summed E-state index contributed by atoms with van der Waals surface area (Å²) in [6.07, 6.45) is 0. The first-order chi connectivity index (χ1) is 9.90. The number of aromatic nitrogens is 1. The first kappa shape index (κ1) is 14.8. The number of nitro groups is 1. The summed E-state index contributed by atoms with van der Waals surface area (Å²) in [5.74, 6) is 0.279. The molecule has 0 aliphatic heterocycles. The van der Waals surface area contributed by atoms with Crippen LogP contribution in [0.15, 0.2) is 41.2 Å².